The SMILES string of the molecule is N#CC1=C(N)C(C#N)(C#N)C(c2ccc(Cl)cc2)C2CN(CCc3ccccc3)CC=C12. The molecule has 1 heterocycles. The number of nitrogens with two attached hydrogens (primary N) is 1. The molecule has 0 spiro atoms. The van der Waals surface area contributed by atoms with Crippen LogP contribution in [-0.4, -0.2) is 24.5 Å². The third kappa shape index (κ3) is 3.65. The van der Waals surface area contributed by atoms with E-state index in [4.69, 9.17) is 17.3 Å². The Morgan fingerprint density at radius 2 is 1.72 bits per heavy atom. The second-order valence-corrected chi connectivity index (χ2v) is 8.66. The van der Waals surface area contributed by atoms with Gasteiger partial charge in [-0.15, -0.1) is 0 Å². The van der Waals surface area contributed by atoms with E-state index < -0.39 is 11.3 Å². The van der Waals surface area contributed by atoms with Crippen molar-refractivity contribution in [3.05, 3.63) is 93.7 Å². The van der Waals surface area contributed by atoms with E-state index in [9.17, 15) is 15.8 Å². The lowest BCUT2D eigenvalue weighted by Gasteiger charge is -2.45. The summed E-state index contributed by atoms with van der Waals surface area (Å²) in [4.78, 5) is 2.31. The number of halogens is 1. The standard InChI is InChI=1S/C26H22ClN5/c27-20-8-6-19(7-9-20)24-23-15-32(12-10-18-4-2-1-3-5-18)13-11-21(23)22(14-28)25(31)26(24,16-29)17-30/h1-9,11,23-24H,10,12-13,15,31H2. The molecule has 2 atom stereocenters. The van der Waals surface area contributed by atoms with Crippen LogP contribution in [0.25, 0.3) is 0 Å². The van der Waals surface area contributed by atoms with E-state index in [1.54, 1.807) is 12.1 Å². The fourth-order valence-corrected chi connectivity index (χ4v) is 5.03. The quantitative estimate of drug-likeness (QED) is 0.764. The van der Waals surface area contributed by atoms with Crippen LogP contribution in [0.15, 0.2) is 77.5 Å². The first-order valence-corrected chi connectivity index (χ1v) is 10.9. The zero-order chi connectivity index (χ0) is 22.7. The maximum atomic E-state index is 10.2. The van der Waals surface area contributed by atoms with Gasteiger partial charge in [-0.05, 0) is 35.3 Å². The highest BCUT2D eigenvalue weighted by Crippen LogP contribution is 2.54. The van der Waals surface area contributed by atoms with Crippen molar-refractivity contribution in [2.24, 2.45) is 17.1 Å². The van der Waals surface area contributed by atoms with Gasteiger partial charge in [-0.3, -0.25) is 4.90 Å². The molecular formula is C26H22ClN5. The third-order valence-corrected chi connectivity index (χ3v) is 6.78. The molecule has 2 aliphatic rings. The van der Waals surface area contributed by atoms with Crippen molar-refractivity contribution in [2.75, 3.05) is 19.6 Å². The Balaban J connectivity index is 1.76. The van der Waals surface area contributed by atoms with E-state index in [0.29, 0.717) is 18.1 Å². The smallest absolute Gasteiger partial charge is 0.191 e. The Morgan fingerprint density at radius 1 is 1.03 bits per heavy atom. The first kappa shape index (κ1) is 21.7. The molecule has 2 aromatic rings. The molecule has 0 radical (unpaired) electrons. The van der Waals surface area contributed by atoms with Crippen LogP contribution in [0.2, 0.25) is 5.02 Å². The Labute approximate surface area is 193 Å². The molecule has 2 unspecified atom stereocenters. The second kappa shape index (κ2) is 8.89. The minimum atomic E-state index is -1.62. The molecule has 2 aromatic carbocycles. The van der Waals surface area contributed by atoms with E-state index in [1.165, 1.54) is 5.56 Å². The lowest BCUT2D eigenvalue weighted by Crippen LogP contribution is -2.48. The molecule has 0 saturated heterocycles. The number of hydrogen-bond acceptors (Lipinski definition) is 5. The zero-order valence-electron chi connectivity index (χ0n) is 17.5. The minimum Gasteiger partial charge on any atom is -0.399 e. The summed E-state index contributed by atoms with van der Waals surface area (Å²) in [6.07, 6.45) is 2.93. The maximum absolute atomic E-state index is 10.2. The summed E-state index contributed by atoms with van der Waals surface area (Å²) >= 11 is 6.10. The van der Waals surface area contributed by atoms with Gasteiger partial charge in [0.1, 0.15) is 6.07 Å². The Kier molecular flexibility index (Phi) is 6.02. The van der Waals surface area contributed by atoms with Crippen molar-refractivity contribution in [3.63, 3.8) is 0 Å². The number of hydrogen-bond donors (Lipinski definition) is 1. The summed E-state index contributed by atoms with van der Waals surface area (Å²) in [6.45, 7) is 2.16. The van der Waals surface area contributed by atoms with Gasteiger partial charge < -0.3 is 5.73 Å². The molecule has 5 nitrogen and oxygen atoms in total. The van der Waals surface area contributed by atoms with Crippen molar-refractivity contribution < 1.29 is 0 Å². The van der Waals surface area contributed by atoms with Crippen LogP contribution < -0.4 is 5.73 Å². The molecule has 6 heteroatoms. The van der Waals surface area contributed by atoms with Crippen molar-refractivity contribution >= 4 is 11.6 Å². The number of nitrogens with zero attached hydrogens (tertiary/aromatic N) is 4. The van der Waals surface area contributed by atoms with E-state index in [0.717, 1.165) is 24.1 Å². The van der Waals surface area contributed by atoms with Gasteiger partial charge in [-0.25, -0.2) is 0 Å². The van der Waals surface area contributed by atoms with E-state index in [1.807, 2.05) is 36.4 Å². The molecule has 0 bridgehead atoms. The van der Waals surface area contributed by atoms with Crippen LogP contribution in [0.3, 0.4) is 0 Å². The monoisotopic (exact) mass is 439 g/mol. The fourth-order valence-electron chi connectivity index (χ4n) is 4.90. The van der Waals surface area contributed by atoms with Crippen molar-refractivity contribution in [3.8, 4) is 18.2 Å². The van der Waals surface area contributed by atoms with E-state index in [2.05, 4.69) is 35.2 Å². The molecule has 4 rings (SSSR count). The minimum absolute atomic E-state index is 0.0465. The number of fused-ring (bicyclic) bond motifs is 1. The normalized spacial score (nSPS) is 22.1. The predicted molar refractivity (Wildman–Crippen MR) is 123 cm³/mol. The molecule has 0 aromatic heterocycles. The number of nitriles is 3. The van der Waals surface area contributed by atoms with Crippen LogP contribution in [-0.2, 0) is 6.42 Å². The molecule has 32 heavy (non-hydrogen) atoms. The van der Waals surface area contributed by atoms with Gasteiger partial charge in [0.25, 0.3) is 0 Å². The van der Waals surface area contributed by atoms with Gasteiger partial charge >= 0.3 is 0 Å². The Hall–Kier alpha value is -3.56. The average molecular weight is 440 g/mol. The van der Waals surface area contributed by atoms with Gasteiger partial charge in [-0.2, -0.15) is 15.8 Å². The third-order valence-electron chi connectivity index (χ3n) is 6.53. The molecule has 1 aliphatic heterocycles. The highest BCUT2D eigenvalue weighted by atomic mass is 35.5. The second-order valence-electron chi connectivity index (χ2n) is 8.22. The average Bonchev–Trinajstić information content (AvgIpc) is 2.83. The summed E-state index contributed by atoms with van der Waals surface area (Å²) in [5, 5.41) is 30.8. The maximum Gasteiger partial charge on any atom is 0.191 e. The lowest BCUT2D eigenvalue weighted by molar-refractivity contribution is 0.209. The zero-order valence-corrected chi connectivity index (χ0v) is 18.3. The number of rotatable bonds is 4. The topological polar surface area (TPSA) is 101 Å². The van der Waals surface area contributed by atoms with Gasteiger partial charge in [0, 0.05) is 36.5 Å². The van der Waals surface area contributed by atoms with Gasteiger partial charge in [0.15, 0.2) is 5.41 Å². The highest BCUT2D eigenvalue weighted by Gasteiger charge is 2.54. The lowest BCUT2D eigenvalue weighted by atomic mass is 9.58. The molecule has 158 valence electrons. The summed E-state index contributed by atoms with van der Waals surface area (Å²) in [6, 6.07) is 24.0. The molecule has 1 aliphatic carbocycles. The highest BCUT2D eigenvalue weighted by molar-refractivity contribution is 6.30. The first-order chi connectivity index (χ1) is 15.5. The summed E-state index contributed by atoms with van der Waals surface area (Å²) in [7, 11) is 0. The predicted octanol–water partition coefficient (Wildman–Crippen LogP) is 4.31. The summed E-state index contributed by atoms with van der Waals surface area (Å²) in [5.74, 6) is -0.709. The van der Waals surface area contributed by atoms with Gasteiger partial charge in [0.05, 0.1) is 23.4 Å². The van der Waals surface area contributed by atoms with Crippen molar-refractivity contribution in [1.29, 1.82) is 15.8 Å². The summed E-state index contributed by atoms with van der Waals surface area (Å²) < 4.78 is 0. The number of allylic oxidation sites excluding steroid dienone is 2. The van der Waals surface area contributed by atoms with Crippen LogP contribution >= 0.6 is 11.6 Å². The fraction of sp³-hybridized carbons (Fsp3) is 0.269. The Bertz CT molecular complexity index is 1180. The van der Waals surface area contributed by atoms with Crippen molar-refractivity contribution in [1.82, 2.24) is 4.90 Å². The molecule has 2 N–H and O–H groups in total. The largest absolute Gasteiger partial charge is 0.399 e. The van der Waals surface area contributed by atoms with Crippen LogP contribution in [0.4, 0.5) is 0 Å². The first-order valence-electron chi connectivity index (χ1n) is 10.5. The van der Waals surface area contributed by atoms with Crippen LogP contribution in [0.1, 0.15) is 17.0 Å². The molecule has 0 saturated carbocycles. The van der Waals surface area contributed by atoms with Gasteiger partial charge in [-0.1, -0.05) is 60.1 Å². The Morgan fingerprint density at radius 3 is 2.34 bits per heavy atom. The number of benzene rings is 2. The molecular weight excluding hydrogens is 418 g/mol. The van der Waals surface area contributed by atoms with E-state index >= 15 is 0 Å². The molecule has 0 amide bonds. The molecule has 0 fully saturated rings. The van der Waals surface area contributed by atoms with E-state index in [-0.39, 0.29) is 17.2 Å². The summed E-state index contributed by atoms with van der Waals surface area (Å²) in [5.41, 5.74) is 7.96. The van der Waals surface area contributed by atoms with Crippen molar-refractivity contribution in [2.45, 2.75) is 12.3 Å². The van der Waals surface area contributed by atoms with Crippen LogP contribution in [0.5, 0.6) is 0 Å². The van der Waals surface area contributed by atoms with Gasteiger partial charge in [0.2, 0.25) is 0 Å². The van der Waals surface area contributed by atoms with Crippen LogP contribution in [0, 0.1) is 45.3 Å².